The van der Waals surface area contributed by atoms with E-state index in [0.717, 1.165) is 0 Å². The number of urea groups is 1. The van der Waals surface area contributed by atoms with Crippen LogP contribution in [0.25, 0.3) is 0 Å². The largest absolute Gasteiger partial charge is 0.467 e. The van der Waals surface area contributed by atoms with E-state index in [1.165, 1.54) is 6.26 Å². The average molecular weight is 242 g/mol. The van der Waals surface area contributed by atoms with E-state index in [0.29, 0.717) is 25.5 Å². The first-order chi connectivity index (χ1) is 8.24. The Bertz CT molecular complexity index is 313. The number of aliphatic hydroxyl groups excluding tert-OH is 1. The second kappa shape index (κ2) is 7.70. The van der Waals surface area contributed by atoms with Gasteiger partial charge in [-0.3, -0.25) is 0 Å². The van der Waals surface area contributed by atoms with E-state index in [1.54, 1.807) is 12.1 Å². The van der Waals surface area contributed by atoms with Crippen molar-refractivity contribution >= 4 is 6.03 Å². The molecule has 1 atom stereocenters. The lowest BCUT2D eigenvalue weighted by molar-refractivity contribution is 0.142. The Morgan fingerprint density at radius 1 is 1.59 bits per heavy atom. The van der Waals surface area contributed by atoms with Crippen molar-refractivity contribution in [2.45, 2.75) is 13.0 Å². The van der Waals surface area contributed by atoms with Crippen LogP contribution in [0.1, 0.15) is 18.8 Å². The van der Waals surface area contributed by atoms with E-state index in [4.69, 9.17) is 9.15 Å². The van der Waals surface area contributed by atoms with Gasteiger partial charge in [-0.05, 0) is 19.1 Å². The number of carbonyl (C=O) groups is 1. The van der Waals surface area contributed by atoms with Crippen molar-refractivity contribution in [2.24, 2.45) is 0 Å². The van der Waals surface area contributed by atoms with Crippen LogP contribution in [0.15, 0.2) is 22.8 Å². The summed E-state index contributed by atoms with van der Waals surface area (Å²) in [5.41, 5.74) is 0. The van der Waals surface area contributed by atoms with E-state index >= 15 is 0 Å². The summed E-state index contributed by atoms with van der Waals surface area (Å²) in [6, 6.07) is 3.00. The van der Waals surface area contributed by atoms with Gasteiger partial charge in [-0.25, -0.2) is 4.79 Å². The summed E-state index contributed by atoms with van der Waals surface area (Å²) < 4.78 is 10.1. The van der Waals surface area contributed by atoms with Crippen molar-refractivity contribution < 1.29 is 19.1 Å². The highest BCUT2D eigenvalue weighted by molar-refractivity contribution is 5.73. The molecule has 0 radical (unpaired) electrons. The van der Waals surface area contributed by atoms with Gasteiger partial charge in [0.05, 0.1) is 19.4 Å². The smallest absolute Gasteiger partial charge is 0.314 e. The van der Waals surface area contributed by atoms with Crippen molar-refractivity contribution in [2.75, 3.05) is 26.3 Å². The maximum Gasteiger partial charge on any atom is 0.314 e. The summed E-state index contributed by atoms with van der Waals surface area (Å²) in [5.74, 6) is 0.430. The molecule has 0 aliphatic heterocycles. The molecule has 0 bridgehead atoms. The monoisotopic (exact) mass is 242 g/mol. The fourth-order valence-electron chi connectivity index (χ4n) is 1.21. The number of rotatable bonds is 7. The van der Waals surface area contributed by atoms with E-state index in [1.807, 2.05) is 6.92 Å². The molecule has 1 aromatic rings. The van der Waals surface area contributed by atoms with Gasteiger partial charge in [0.25, 0.3) is 0 Å². The quantitative estimate of drug-likeness (QED) is 0.613. The Morgan fingerprint density at radius 2 is 2.41 bits per heavy atom. The highest BCUT2D eigenvalue weighted by Gasteiger charge is 2.11. The summed E-state index contributed by atoms with van der Waals surface area (Å²) in [7, 11) is 0. The number of furan rings is 1. The number of aliphatic hydroxyl groups is 1. The van der Waals surface area contributed by atoms with E-state index in [-0.39, 0.29) is 12.6 Å². The summed E-state index contributed by atoms with van der Waals surface area (Å²) in [6.07, 6.45) is 0.642. The molecule has 17 heavy (non-hydrogen) atoms. The van der Waals surface area contributed by atoms with E-state index < -0.39 is 6.10 Å². The molecule has 0 saturated heterocycles. The third-order valence-electron chi connectivity index (χ3n) is 2.06. The van der Waals surface area contributed by atoms with Crippen molar-refractivity contribution in [1.82, 2.24) is 10.6 Å². The molecule has 6 nitrogen and oxygen atoms in total. The van der Waals surface area contributed by atoms with Crippen LogP contribution in [0.5, 0.6) is 0 Å². The SMILES string of the molecule is CCOCCNC(=O)NCC(O)c1ccco1. The Labute approximate surface area is 99.9 Å². The van der Waals surface area contributed by atoms with Crippen molar-refractivity contribution in [3.8, 4) is 0 Å². The van der Waals surface area contributed by atoms with Gasteiger partial charge >= 0.3 is 6.03 Å². The molecular formula is C11H18N2O4. The molecule has 96 valence electrons. The molecule has 1 rings (SSSR count). The number of hydrogen-bond donors (Lipinski definition) is 3. The number of amides is 2. The molecule has 1 aromatic heterocycles. The fraction of sp³-hybridized carbons (Fsp3) is 0.545. The van der Waals surface area contributed by atoms with Gasteiger partial charge in [0, 0.05) is 13.2 Å². The third kappa shape index (κ3) is 5.37. The molecule has 0 fully saturated rings. The van der Waals surface area contributed by atoms with Gasteiger partial charge < -0.3 is 24.9 Å². The van der Waals surface area contributed by atoms with Crippen LogP contribution in [-0.4, -0.2) is 37.4 Å². The van der Waals surface area contributed by atoms with Crippen molar-refractivity contribution in [3.05, 3.63) is 24.2 Å². The van der Waals surface area contributed by atoms with Gasteiger partial charge in [0.1, 0.15) is 11.9 Å². The second-order valence-corrected chi connectivity index (χ2v) is 3.36. The highest BCUT2D eigenvalue weighted by atomic mass is 16.5. The van der Waals surface area contributed by atoms with Gasteiger partial charge in [0.2, 0.25) is 0 Å². The number of carbonyl (C=O) groups excluding carboxylic acids is 1. The Hall–Kier alpha value is -1.53. The summed E-state index contributed by atoms with van der Waals surface area (Å²) in [5, 5.41) is 14.7. The van der Waals surface area contributed by atoms with Crippen molar-refractivity contribution in [3.63, 3.8) is 0 Å². The lowest BCUT2D eigenvalue weighted by atomic mass is 10.3. The van der Waals surface area contributed by atoms with Crippen LogP contribution in [0.3, 0.4) is 0 Å². The van der Waals surface area contributed by atoms with Crippen LogP contribution in [0, 0.1) is 0 Å². The molecule has 1 unspecified atom stereocenters. The number of hydrogen-bond acceptors (Lipinski definition) is 4. The Balaban J connectivity index is 2.11. The first kappa shape index (κ1) is 13.5. The molecule has 0 saturated carbocycles. The van der Waals surface area contributed by atoms with Gasteiger partial charge in [-0.1, -0.05) is 0 Å². The maximum atomic E-state index is 11.3. The zero-order valence-corrected chi connectivity index (χ0v) is 9.81. The molecule has 0 aromatic carbocycles. The molecule has 2 amide bonds. The first-order valence-electron chi connectivity index (χ1n) is 5.55. The van der Waals surface area contributed by atoms with Gasteiger partial charge in [-0.2, -0.15) is 0 Å². The van der Waals surface area contributed by atoms with Crippen LogP contribution in [0.4, 0.5) is 4.79 Å². The van der Waals surface area contributed by atoms with Crippen LogP contribution >= 0.6 is 0 Å². The third-order valence-corrected chi connectivity index (χ3v) is 2.06. The summed E-state index contributed by atoms with van der Waals surface area (Å²) in [6.45, 7) is 3.54. The highest BCUT2D eigenvalue weighted by Crippen LogP contribution is 2.11. The predicted octanol–water partition coefficient (Wildman–Crippen LogP) is 0.649. The zero-order valence-electron chi connectivity index (χ0n) is 9.81. The minimum Gasteiger partial charge on any atom is -0.467 e. The first-order valence-corrected chi connectivity index (χ1v) is 5.55. The predicted molar refractivity (Wildman–Crippen MR) is 61.6 cm³/mol. The molecule has 6 heteroatoms. The molecule has 0 spiro atoms. The average Bonchev–Trinajstić information content (AvgIpc) is 2.85. The minimum absolute atomic E-state index is 0.105. The Kier molecular flexibility index (Phi) is 6.13. The minimum atomic E-state index is -0.831. The fourth-order valence-corrected chi connectivity index (χ4v) is 1.21. The summed E-state index contributed by atoms with van der Waals surface area (Å²) >= 11 is 0. The lowest BCUT2D eigenvalue weighted by Crippen LogP contribution is -2.39. The molecular weight excluding hydrogens is 224 g/mol. The molecule has 0 aliphatic rings. The summed E-state index contributed by atoms with van der Waals surface area (Å²) in [4.78, 5) is 11.3. The zero-order chi connectivity index (χ0) is 12.5. The van der Waals surface area contributed by atoms with E-state index in [9.17, 15) is 9.90 Å². The topological polar surface area (TPSA) is 83.7 Å². The second-order valence-electron chi connectivity index (χ2n) is 3.36. The molecule has 1 heterocycles. The number of ether oxygens (including phenoxy) is 1. The maximum absolute atomic E-state index is 11.3. The van der Waals surface area contributed by atoms with Crippen molar-refractivity contribution in [1.29, 1.82) is 0 Å². The molecule has 0 aliphatic carbocycles. The van der Waals surface area contributed by atoms with Gasteiger partial charge in [-0.15, -0.1) is 0 Å². The number of nitrogens with one attached hydrogen (secondary N) is 2. The molecule has 3 N–H and O–H groups in total. The van der Waals surface area contributed by atoms with Gasteiger partial charge in [0.15, 0.2) is 0 Å². The lowest BCUT2D eigenvalue weighted by Gasteiger charge is -2.10. The standard InChI is InChI=1S/C11H18N2O4/c1-2-16-7-5-12-11(15)13-8-9(14)10-4-3-6-17-10/h3-4,6,9,14H,2,5,7-8H2,1H3,(H2,12,13,15). The van der Waals surface area contributed by atoms with Crippen LogP contribution < -0.4 is 10.6 Å². The normalized spacial score (nSPS) is 12.1. The Morgan fingerprint density at radius 3 is 3.06 bits per heavy atom. The van der Waals surface area contributed by atoms with Crippen LogP contribution in [-0.2, 0) is 4.74 Å². The van der Waals surface area contributed by atoms with Crippen LogP contribution in [0.2, 0.25) is 0 Å². The van der Waals surface area contributed by atoms with E-state index in [2.05, 4.69) is 10.6 Å².